The fraction of sp³-hybridized carbons (Fsp3) is 0.516. The van der Waals surface area contributed by atoms with Gasteiger partial charge in [0.05, 0.1) is 24.6 Å². The van der Waals surface area contributed by atoms with E-state index in [1.807, 2.05) is 49.2 Å². The molecule has 10 nitrogen and oxygen atoms in total. The second-order valence-corrected chi connectivity index (χ2v) is 13.1. The van der Waals surface area contributed by atoms with Crippen LogP contribution in [0.4, 0.5) is 0 Å². The molecule has 2 aromatic carbocycles. The van der Waals surface area contributed by atoms with Gasteiger partial charge in [0.25, 0.3) is 17.7 Å². The summed E-state index contributed by atoms with van der Waals surface area (Å²) in [5.74, 6) is -1.27. The molecule has 42 heavy (non-hydrogen) atoms. The number of amides is 3. The molecular weight excluding hydrogens is 556 g/mol. The molecule has 11 heteroatoms. The number of ether oxygens (including phenoxy) is 1. The first-order valence-electron chi connectivity index (χ1n) is 14.4. The summed E-state index contributed by atoms with van der Waals surface area (Å²) >= 11 is 1.47. The number of phenols is 1. The molecule has 0 aromatic heterocycles. The Hall–Kier alpha value is -3.12. The molecule has 0 spiro atoms. The van der Waals surface area contributed by atoms with E-state index in [-0.39, 0.29) is 35.6 Å². The summed E-state index contributed by atoms with van der Waals surface area (Å²) in [6.45, 7) is 9.16. The maximum absolute atomic E-state index is 13.9. The molecule has 0 saturated carbocycles. The van der Waals surface area contributed by atoms with Gasteiger partial charge in [-0.3, -0.25) is 19.8 Å². The summed E-state index contributed by atoms with van der Waals surface area (Å²) in [4.78, 5) is 42.3. The van der Waals surface area contributed by atoms with E-state index in [2.05, 4.69) is 17.7 Å². The summed E-state index contributed by atoms with van der Waals surface area (Å²) < 4.78 is 5.19. The average molecular weight is 599 g/mol. The van der Waals surface area contributed by atoms with Crippen LogP contribution in [0.15, 0.2) is 48.5 Å². The Balaban J connectivity index is 1.54. The highest BCUT2D eigenvalue weighted by Gasteiger charge is 2.50. The summed E-state index contributed by atoms with van der Waals surface area (Å²) in [7, 11) is 0. The van der Waals surface area contributed by atoms with Crippen LogP contribution in [0.25, 0.3) is 0 Å². The number of hydrazine groups is 1. The third-order valence-corrected chi connectivity index (χ3v) is 9.27. The number of benzene rings is 2. The first-order valence-corrected chi connectivity index (χ1v) is 15.4. The zero-order valence-corrected chi connectivity index (χ0v) is 25.5. The Morgan fingerprint density at radius 2 is 1.88 bits per heavy atom. The van der Waals surface area contributed by atoms with Gasteiger partial charge in [0, 0.05) is 29.0 Å². The Morgan fingerprint density at radius 1 is 1.14 bits per heavy atom. The van der Waals surface area contributed by atoms with Crippen LogP contribution in [0, 0.1) is 6.92 Å². The molecule has 2 aromatic rings. The minimum Gasteiger partial charge on any atom is -0.508 e. The highest BCUT2D eigenvalue weighted by atomic mass is 32.2. The summed E-state index contributed by atoms with van der Waals surface area (Å²) in [5.41, 5.74) is 4.46. The van der Waals surface area contributed by atoms with Gasteiger partial charge in [-0.25, -0.2) is 5.01 Å². The van der Waals surface area contributed by atoms with Gasteiger partial charge >= 0.3 is 0 Å². The SMILES string of the molecule is CCCC1CN(NC(=O)C2N(C(=O)C(O)C(Cc3ccccc3)NC(=O)c3cccc(O)c3C)CSC2(C)C)CCO1. The number of nitrogens with one attached hydrogen (secondary N) is 2. The van der Waals surface area contributed by atoms with E-state index in [1.165, 1.54) is 22.7 Å². The predicted octanol–water partition coefficient (Wildman–Crippen LogP) is 2.61. The van der Waals surface area contributed by atoms with E-state index in [0.29, 0.717) is 25.3 Å². The fourth-order valence-corrected chi connectivity index (χ4v) is 6.65. The van der Waals surface area contributed by atoms with Crippen LogP contribution >= 0.6 is 11.8 Å². The lowest BCUT2D eigenvalue weighted by Gasteiger charge is -2.37. The quantitative estimate of drug-likeness (QED) is 0.328. The van der Waals surface area contributed by atoms with Crippen molar-refractivity contribution in [1.29, 1.82) is 0 Å². The van der Waals surface area contributed by atoms with Crippen molar-refractivity contribution in [3.05, 3.63) is 65.2 Å². The van der Waals surface area contributed by atoms with Gasteiger partial charge in [-0.05, 0) is 51.3 Å². The molecule has 2 saturated heterocycles. The number of carbonyl (C=O) groups is 3. The van der Waals surface area contributed by atoms with Gasteiger partial charge in [0.1, 0.15) is 11.8 Å². The molecule has 0 radical (unpaired) electrons. The number of thioether (sulfide) groups is 1. The minimum absolute atomic E-state index is 0.0228. The first-order chi connectivity index (χ1) is 20.0. The second-order valence-electron chi connectivity index (χ2n) is 11.5. The van der Waals surface area contributed by atoms with E-state index in [4.69, 9.17) is 4.74 Å². The van der Waals surface area contributed by atoms with Gasteiger partial charge in [-0.2, -0.15) is 0 Å². The number of morpholine rings is 1. The number of aliphatic hydroxyl groups excluding tert-OH is 1. The molecule has 2 heterocycles. The fourth-order valence-electron chi connectivity index (χ4n) is 5.51. The molecule has 3 amide bonds. The van der Waals surface area contributed by atoms with E-state index < -0.39 is 34.7 Å². The maximum Gasteiger partial charge on any atom is 0.258 e. The standard InChI is InChI=1S/C31H42N4O6S/c1-5-10-22-18-34(15-16-41-22)33-29(39)27-31(3,4)42-19-35(27)30(40)26(37)24(17-21-11-7-6-8-12-21)32-28(38)23-13-9-14-25(36)20(23)2/h6-9,11-14,22,24,26-27,36-37H,5,10,15-19H2,1-4H3,(H,32,38)(H,33,39). The monoisotopic (exact) mass is 598 g/mol. The molecule has 0 bridgehead atoms. The summed E-state index contributed by atoms with van der Waals surface area (Å²) in [6.07, 6.45) is 0.474. The van der Waals surface area contributed by atoms with E-state index >= 15 is 0 Å². The van der Waals surface area contributed by atoms with Crippen LogP contribution in [0.3, 0.4) is 0 Å². The lowest BCUT2D eigenvalue weighted by molar-refractivity contribution is -0.150. The smallest absolute Gasteiger partial charge is 0.258 e. The van der Waals surface area contributed by atoms with Crippen molar-refractivity contribution in [3.63, 3.8) is 0 Å². The highest BCUT2D eigenvalue weighted by molar-refractivity contribution is 8.00. The molecule has 4 rings (SSSR count). The predicted molar refractivity (Wildman–Crippen MR) is 162 cm³/mol. The summed E-state index contributed by atoms with van der Waals surface area (Å²) in [5, 5.41) is 26.3. The Kier molecular flexibility index (Phi) is 10.5. The van der Waals surface area contributed by atoms with Crippen molar-refractivity contribution in [2.75, 3.05) is 25.6 Å². The minimum atomic E-state index is -1.62. The Morgan fingerprint density at radius 3 is 2.60 bits per heavy atom. The molecule has 228 valence electrons. The third kappa shape index (κ3) is 7.44. The van der Waals surface area contributed by atoms with Crippen LogP contribution in [0.1, 0.15) is 55.1 Å². The second kappa shape index (κ2) is 13.9. The van der Waals surface area contributed by atoms with E-state index in [0.717, 1.165) is 18.4 Å². The first kappa shape index (κ1) is 31.8. The van der Waals surface area contributed by atoms with Crippen molar-refractivity contribution in [3.8, 4) is 5.75 Å². The molecule has 4 unspecified atom stereocenters. The zero-order valence-electron chi connectivity index (χ0n) is 24.7. The largest absolute Gasteiger partial charge is 0.508 e. The van der Waals surface area contributed by atoms with Crippen LogP contribution in [-0.4, -0.2) is 92.5 Å². The van der Waals surface area contributed by atoms with Gasteiger partial charge in [0.15, 0.2) is 6.10 Å². The number of rotatable bonds is 10. The summed E-state index contributed by atoms with van der Waals surface area (Å²) in [6, 6.07) is 12.1. The molecule has 2 aliphatic rings. The van der Waals surface area contributed by atoms with Crippen LogP contribution < -0.4 is 10.7 Å². The maximum atomic E-state index is 13.9. The van der Waals surface area contributed by atoms with Crippen LogP contribution in [-0.2, 0) is 20.7 Å². The molecule has 2 aliphatic heterocycles. The van der Waals surface area contributed by atoms with Crippen LogP contribution in [0.2, 0.25) is 0 Å². The number of hydrogen-bond donors (Lipinski definition) is 4. The number of aliphatic hydroxyl groups is 1. The van der Waals surface area contributed by atoms with E-state index in [9.17, 15) is 24.6 Å². The van der Waals surface area contributed by atoms with Crippen molar-refractivity contribution in [2.24, 2.45) is 0 Å². The van der Waals surface area contributed by atoms with Gasteiger partial charge in [-0.1, -0.05) is 49.7 Å². The number of carbonyl (C=O) groups excluding carboxylic acids is 3. The van der Waals surface area contributed by atoms with Crippen molar-refractivity contribution >= 4 is 29.5 Å². The number of phenolic OH excluding ortho intramolecular Hbond substituents is 1. The zero-order chi connectivity index (χ0) is 30.4. The number of aromatic hydroxyl groups is 1. The van der Waals surface area contributed by atoms with Crippen LogP contribution in [0.5, 0.6) is 5.75 Å². The van der Waals surface area contributed by atoms with Gasteiger partial charge in [0.2, 0.25) is 0 Å². The number of hydrogen-bond acceptors (Lipinski definition) is 8. The molecule has 4 atom stereocenters. The number of nitrogens with zero attached hydrogens (tertiary/aromatic N) is 2. The van der Waals surface area contributed by atoms with E-state index in [1.54, 1.807) is 19.1 Å². The van der Waals surface area contributed by atoms with Crippen molar-refractivity contribution < 1.29 is 29.3 Å². The molecule has 4 N–H and O–H groups in total. The Labute approximate surface area is 251 Å². The topological polar surface area (TPSA) is 131 Å². The lowest BCUT2D eigenvalue weighted by atomic mass is 9.96. The van der Waals surface area contributed by atoms with Crippen molar-refractivity contribution in [1.82, 2.24) is 20.7 Å². The average Bonchev–Trinajstić information content (AvgIpc) is 3.29. The molecule has 2 fully saturated rings. The highest BCUT2D eigenvalue weighted by Crippen LogP contribution is 2.40. The third-order valence-electron chi connectivity index (χ3n) is 7.89. The Bertz CT molecular complexity index is 1260. The van der Waals surface area contributed by atoms with Gasteiger partial charge in [-0.15, -0.1) is 11.8 Å². The molecular formula is C31H42N4O6S. The molecule has 0 aliphatic carbocycles. The van der Waals surface area contributed by atoms with Gasteiger partial charge < -0.3 is 25.2 Å². The van der Waals surface area contributed by atoms with Crippen molar-refractivity contribution in [2.45, 2.75) is 76.0 Å². The normalized spacial score (nSPS) is 21.9. The lowest BCUT2D eigenvalue weighted by Crippen LogP contribution is -2.61.